The Morgan fingerprint density at radius 1 is 1.41 bits per heavy atom. The van der Waals surface area contributed by atoms with Crippen molar-refractivity contribution in [3.8, 4) is 0 Å². The van der Waals surface area contributed by atoms with Gasteiger partial charge in [0.05, 0.1) is 17.7 Å². The van der Waals surface area contributed by atoms with Gasteiger partial charge in [-0.3, -0.25) is 0 Å². The molecule has 1 saturated carbocycles. The van der Waals surface area contributed by atoms with Crippen LogP contribution in [-0.2, 0) is 6.18 Å². The van der Waals surface area contributed by atoms with Gasteiger partial charge in [0.1, 0.15) is 5.82 Å². The molecule has 1 N–H and O–H groups in total. The standard InChI is InChI=1S/C11H13F3N2O/c1-16(8-2-3-9(8)17)10-6-7(4-5-15-10)11(12,13)14/h4-6,8-9,17H,2-3H2,1H3. The quantitative estimate of drug-likeness (QED) is 0.867. The molecule has 0 saturated heterocycles. The number of likely N-dealkylation sites (N-methyl/N-ethyl adjacent to an activating group) is 1. The topological polar surface area (TPSA) is 36.4 Å². The first-order valence-electron chi connectivity index (χ1n) is 5.34. The molecule has 1 aromatic rings. The van der Waals surface area contributed by atoms with Gasteiger partial charge < -0.3 is 10.0 Å². The average molecular weight is 246 g/mol. The van der Waals surface area contributed by atoms with Crippen molar-refractivity contribution in [3.63, 3.8) is 0 Å². The zero-order chi connectivity index (χ0) is 12.6. The number of alkyl halides is 3. The van der Waals surface area contributed by atoms with Gasteiger partial charge >= 0.3 is 6.18 Å². The van der Waals surface area contributed by atoms with Gasteiger partial charge in [-0.1, -0.05) is 0 Å². The number of rotatable bonds is 2. The number of aliphatic hydroxyl groups excluding tert-OH is 1. The monoisotopic (exact) mass is 246 g/mol. The fourth-order valence-corrected chi connectivity index (χ4v) is 1.87. The zero-order valence-electron chi connectivity index (χ0n) is 9.28. The van der Waals surface area contributed by atoms with E-state index in [1.54, 1.807) is 11.9 Å². The number of hydrogen-bond acceptors (Lipinski definition) is 3. The summed E-state index contributed by atoms with van der Waals surface area (Å²) in [4.78, 5) is 5.51. The third-order valence-electron chi connectivity index (χ3n) is 3.13. The maximum Gasteiger partial charge on any atom is 0.416 e. The number of anilines is 1. The summed E-state index contributed by atoms with van der Waals surface area (Å²) in [5.41, 5.74) is -0.719. The number of aliphatic hydroxyl groups is 1. The highest BCUT2D eigenvalue weighted by atomic mass is 19.4. The second-order valence-corrected chi connectivity index (χ2v) is 4.22. The molecule has 0 radical (unpaired) electrons. The second kappa shape index (κ2) is 4.18. The van der Waals surface area contributed by atoms with Crippen LogP contribution in [0, 0.1) is 0 Å². The van der Waals surface area contributed by atoms with E-state index in [4.69, 9.17) is 0 Å². The van der Waals surface area contributed by atoms with Gasteiger partial charge in [-0.25, -0.2) is 4.98 Å². The van der Waals surface area contributed by atoms with Crippen LogP contribution in [0.1, 0.15) is 18.4 Å². The van der Waals surface area contributed by atoms with E-state index < -0.39 is 17.8 Å². The van der Waals surface area contributed by atoms with Crippen molar-refractivity contribution in [2.75, 3.05) is 11.9 Å². The molecular weight excluding hydrogens is 233 g/mol. The average Bonchev–Trinajstić information content (AvgIpc) is 2.26. The molecule has 0 bridgehead atoms. The van der Waals surface area contributed by atoms with E-state index in [2.05, 4.69) is 4.98 Å². The lowest BCUT2D eigenvalue weighted by atomic mass is 9.88. The van der Waals surface area contributed by atoms with Crippen LogP contribution in [0.3, 0.4) is 0 Å². The lowest BCUT2D eigenvalue weighted by Crippen LogP contribution is -2.49. The second-order valence-electron chi connectivity index (χ2n) is 4.22. The van der Waals surface area contributed by atoms with Gasteiger partial charge in [0.15, 0.2) is 0 Å². The largest absolute Gasteiger partial charge is 0.416 e. The molecule has 2 unspecified atom stereocenters. The maximum atomic E-state index is 12.5. The molecule has 1 aliphatic rings. The normalized spacial score (nSPS) is 24.3. The van der Waals surface area contributed by atoms with Gasteiger partial charge in [-0.05, 0) is 25.0 Å². The number of pyridine rings is 1. The first-order chi connectivity index (χ1) is 7.89. The van der Waals surface area contributed by atoms with E-state index in [1.165, 1.54) is 0 Å². The third kappa shape index (κ3) is 2.36. The number of aromatic nitrogens is 1. The number of hydrogen-bond donors (Lipinski definition) is 1. The fraction of sp³-hybridized carbons (Fsp3) is 0.545. The SMILES string of the molecule is CN(c1cc(C(F)(F)F)ccn1)C1CCC1O. The van der Waals surface area contributed by atoms with Crippen LogP contribution in [-0.4, -0.2) is 29.3 Å². The van der Waals surface area contributed by atoms with Crippen LogP contribution in [0.25, 0.3) is 0 Å². The minimum Gasteiger partial charge on any atom is -0.391 e. The molecule has 1 heterocycles. The molecule has 1 fully saturated rings. The molecule has 1 aromatic heterocycles. The fourth-order valence-electron chi connectivity index (χ4n) is 1.87. The summed E-state index contributed by atoms with van der Waals surface area (Å²) >= 11 is 0. The van der Waals surface area contributed by atoms with E-state index in [1.807, 2.05) is 0 Å². The van der Waals surface area contributed by atoms with Crippen LogP contribution in [0.5, 0.6) is 0 Å². The highest BCUT2D eigenvalue weighted by molar-refractivity contribution is 5.43. The molecular formula is C11H13F3N2O. The van der Waals surface area contributed by atoms with Crippen molar-refractivity contribution >= 4 is 5.82 Å². The van der Waals surface area contributed by atoms with E-state index in [0.29, 0.717) is 6.42 Å². The van der Waals surface area contributed by atoms with Gasteiger partial charge in [0.25, 0.3) is 0 Å². The van der Waals surface area contributed by atoms with E-state index in [0.717, 1.165) is 24.8 Å². The highest BCUT2D eigenvalue weighted by Gasteiger charge is 2.35. The van der Waals surface area contributed by atoms with Crippen LogP contribution >= 0.6 is 0 Å². The Labute approximate surface area is 96.9 Å². The smallest absolute Gasteiger partial charge is 0.391 e. The van der Waals surface area contributed by atoms with E-state index >= 15 is 0 Å². The molecule has 0 amide bonds. The Bertz CT molecular complexity index is 408. The Balaban J connectivity index is 2.21. The molecule has 17 heavy (non-hydrogen) atoms. The summed E-state index contributed by atoms with van der Waals surface area (Å²) in [6.45, 7) is 0. The van der Waals surface area contributed by atoms with Crippen molar-refractivity contribution in [1.82, 2.24) is 4.98 Å². The van der Waals surface area contributed by atoms with Gasteiger partial charge in [0, 0.05) is 13.2 Å². The van der Waals surface area contributed by atoms with Crippen molar-refractivity contribution in [3.05, 3.63) is 23.9 Å². The minimum atomic E-state index is -4.36. The number of halogens is 3. The molecule has 1 aliphatic carbocycles. The lowest BCUT2D eigenvalue weighted by molar-refractivity contribution is -0.137. The predicted molar refractivity (Wildman–Crippen MR) is 56.7 cm³/mol. The van der Waals surface area contributed by atoms with Crippen molar-refractivity contribution in [2.45, 2.75) is 31.2 Å². The summed E-state index contributed by atoms with van der Waals surface area (Å²) in [5.74, 6) is 0.239. The van der Waals surface area contributed by atoms with Crippen LogP contribution in [0.15, 0.2) is 18.3 Å². The maximum absolute atomic E-state index is 12.5. The lowest BCUT2D eigenvalue weighted by Gasteiger charge is -2.40. The van der Waals surface area contributed by atoms with Gasteiger partial charge in [-0.2, -0.15) is 13.2 Å². The Hall–Kier alpha value is -1.30. The molecule has 94 valence electrons. The van der Waals surface area contributed by atoms with Crippen molar-refractivity contribution < 1.29 is 18.3 Å². The summed E-state index contributed by atoms with van der Waals surface area (Å²) in [6, 6.07) is 1.81. The van der Waals surface area contributed by atoms with E-state index in [9.17, 15) is 18.3 Å². The van der Waals surface area contributed by atoms with E-state index in [-0.39, 0.29) is 11.9 Å². The Morgan fingerprint density at radius 2 is 2.12 bits per heavy atom. The molecule has 0 aliphatic heterocycles. The van der Waals surface area contributed by atoms with Gasteiger partial charge in [0.2, 0.25) is 0 Å². The first-order valence-corrected chi connectivity index (χ1v) is 5.34. The van der Waals surface area contributed by atoms with Crippen molar-refractivity contribution in [2.24, 2.45) is 0 Å². The highest BCUT2D eigenvalue weighted by Crippen LogP contribution is 2.33. The molecule has 3 nitrogen and oxygen atoms in total. The Kier molecular flexibility index (Phi) is 2.99. The third-order valence-corrected chi connectivity index (χ3v) is 3.13. The molecule has 2 atom stereocenters. The van der Waals surface area contributed by atoms with Crippen molar-refractivity contribution in [1.29, 1.82) is 0 Å². The van der Waals surface area contributed by atoms with Crippen LogP contribution in [0.4, 0.5) is 19.0 Å². The number of nitrogens with zero attached hydrogens (tertiary/aromatic N) is 2. The molecule has 0 spiro atoms. The molecule has 2 rings (SSSR count). The van der Waals surface area contributed by atoms with Crippen LogP contribution in [0.2, 0.25) is 0 Å². The summed E-state index contributed by atoms with van der Waals surface area (Å²) in [5, 5.41) is 9.48. The summed E-state index contributed by atoms with van der Waals surface area (Å²) in [6.07, 6.45) is -2.24. The predicted octanol–water partition coefficient (Wildman–Crippen LogP) is 2.06. The van der Waals surface area contributed by atoms with Gasteiger partial charge in [-0.15, -0.1) is 0 Å². The Morgan fingerprint density at radius 3 is 2.59 bits per heavy atom. The first kappa shape index (κ1) is 12.2. The molecule has 6 heteroatoms. The summed E-state index contributed by atoms with van der Waals surface area (Å²) in [7, 11) is 1.65. The molecule has 0 aromatic carbocycles. The van der Waals surface area contributed by atoms with Crippen LogP contribution < -0.4 is 4.90 Å². The zero-order valence-corrected chi connectivity index (χ0v) is 9.28. The summed E-state index contributed by atoms with van der Waals surface area (Å²) < 4.78 is 37.5. The minimum absolute atomic E-state index is 0.133.